The van der Waals surface area contributed by atoms with Crippen molar-refractivity contribution in [3.05, 3.63) is 65.3 Å². The Kier molecular flexibility index (Phi) is 3.25. The fourth-order valence-electron chi connectivity index (χ4n) is 1.72. The van der Waals surface area contributed by atoms with E-state index in [9.17, 15) is 0 Å². The third kappa shape index (κ3) is 2.80. The van der Waals surface area contributed by atoms with Gasteiger partial charge in [-0.25, -0.2) is 4.98 Å². The Morgan fingerprint density at radius 2 is 1.89 bits per heavy atom. The van der Waals surface area contributed by atoms with Crippen molar-refractivity contribution in [2.75, 3.05) is 0 Å². The maximum atomic E-state index is 5.74. The minimum atomic E-state index is 0.441. The summed E-state index contributed by atoms with van der Waals surface area (Å²) in [7, 11) is 0. The molecular weight excluding hydrogens is 262 g/mol. The van der Waals surface area contributed by atoms with Crippen molar-refractivity contribution >= 4 is 11.6 Å². The molecule has 4 nitrogen and oxygen atoms in total. The lowest BCUT2D eigenvalue weighted by Gasteiger charge is -1.94. The fraction of sp³-hybridized carbons (Fsp3) is 0.0714. The molecule has 0 radical (unpaired) electrons. The molecule has 94 valence electrons. The van der Waals surface area contributed by atoms with Crippen molar-refractivity contribution in [3.63, 3.8) is 0 Å². The first kappa shape index (κ1) is 11.9. The minimum Gasteiger partial charge on any atom is -0.339 e. The highest BCUT2D eigenvalue weighted by Gasteiger charge is 2.09. The SMILES string of the molecule is Clc1ccc(-c2noc(Cc3ccccc3)n2)cn1. The van der Waals surface area contributed by atoms with Crippen LogP contribution in [-0.2, 0) is 6.42 Å². The first-order valence-corrected chi connectivity index (χ1v) is 6.17. The zero-order valence-corrected chi connectivity index (χ0v) is 10.7. The van der Waals surface area contributed by atoms with Crippen LogP contribution in [0.15, 0.2) is 53.2 Å². The van der Waals surface area contributed by atoms with E-state index in [0.717, 1.165) is 11.1 Å². The van der Waals surface area contributed by atoms with E-state index < -0.39 is 0 Å². The average molecular weight is 272 g/mol. The Morgan fingerprint density at radius 3 is 2.63 bits per heavy atom. The smallest absolute Gasteiger partial charge is 0.231 e. The molecule has 3 rings (SSSR count). The van der Waals surface area contributed by atoms with E-state index >= 15 is 0 Å². The van der Waals surface area contributed by atoms with E-state index in [4.69, 9.17) is 16.1 Å². The van der Waals surface area contributed by atoms with Gasteiger partial charge in [-0.15, -0.1) is 0 Å². The van der Waals surface area contributed by atoms with Gasteiger partial charge in [0.1, 0.15) is 5.15 Å². The van der Waals surface area contributed by atoms with Crippen LogP contribution in [0.4, 0.5) is 0 Å². The summed E-state index contributed by atoms with van der Waals surface area (Å²) < 4.78 is 5.23. The molecule has 0 spiro atoms. The van der Waals surface area contributed by atoms with E-state index in [2.05, 4.69) is 15.1 Å². The lowest BCUT2D eigenvalue weighted by atomic mass is 10.1. The molecular formula is C14H10ClN3O. The first-order chi connectivity index (χ1) is 9.31. The number of nitrogens with zero attached hydrogens (tertiary/aromatic N) is 3. The predicted molar refractivity (Wildman–Crippen MR) is 71.8 cm³/mol. The van der Waals surface area contributed by atoms with Crippen LogP contribution in [0, 0.1) is 0 Å². The lowest BCUT2D eigenvalue weighted by molar-refractivity contribution is 0.385. The summed E-state index contributed by atoms with van der Waals surface area (Å²) in [5.74, 6) is 1.10. The third-order valence-corrected chi connectivity index (χ3v) is 2.88. The molecule has 5 heteroatoms. The van der Waals surface area contributed by atoms with E-state index in [0.29, 0.717) is 23.3 Å². The summed E-state index contributed by atoms with van der Waals surface area (Å²) in [5, 5.41) is 4.38. The lowest BCUT2D eigenvalue weighted by Crippen LogP contribution is -1.88. The molecule has 0 saturated heterocycles. The predicted octanol–water partition coefficient (Wildman–Crippen LogP) is 3.38. The molecule has 2 aromatic heterocycles. The van der Waals surface area contributed by atoms with Gasteiger partial charge in [0.25, 0.3) is 0 Å². The topological polar surface area (TPSA) is 51.8 Å². The average Bonchev–Trinajstić information content (AvgIpc) is 2.89. The second-order valence-corrected chi connectivity index (χ2v) is 4.43. The molecule has 0 saturated carbocycles. The van der Waals surface area contributed by atoms with Crippen molar-refractivity contribution in [3.8, 4) is 11.4 Å². The van der Waals surface area contributed by atoms with E-state index in [1.54, 1.807) is 12.3 Å². The highest BCUT2D eigenvalue weighted by molar-refractivity contribution is 6.29. The van der Waals surface area contributed by atoms with Crippen molar-refractivity contribution < 1.29 is 4.52 Å². The Balaban J connectivity index is 1.82. The highest BCUT2D eigenvalue weighted by atomic mass is 35.5. The molecule has 2 heterocycles. The molecule has 0 aliphatic heterocycles. The van der Waals surface area contributed by atoms with Gasteiger partial charge in [0, 0.05) is 11.8 Å². The van der Waals surface area contributed by atoms with Crippen molar-refractivity contribution in [2.24, 2.45) is 0 Å². The Morgan fingerprint density at radius 1 is 1.05 bits per heavy atom. The second kappa shape index (κ2) is 5.20. The number of hydrogen-bond donors (Lipinski definition) is 0. The first-order valence-electron chi connectivity index (χ1n) is 5.80. The maximum Gasteiger partial charge on any atom is 0.231 e. The highest BCUT2D eigenvalue weighted by Crippen LogP contribution is 2.17. The van der Waals surface area contributed by atoms with E-state index in [1.165, 1.54) is 0 Å². The summed E-state index contributed by atoms with van der Waals surface area (Å²) >= 11 is 5.74. The molecule has 19 heavy (non-hydrogen) atoms. The quantitative estimate of drug-likeness (QED) is 0.685. The van der Waals surface area contributed by atoms with Crippen LogP contribution < -0.4 is 0 Å². The Hall–Kier alpha value is -2.20. The van der Waals surface area contributed by atoms with Gasteiger partial charge in [-0.2, -0.15) is 4.98 Å². The fourth-order valence-corrected chi connectivity index (χ4v) is 1.83. The molecule has 0 bridgehead atoms. The molecule has 0 unspecified atom stereocenters. The van der Waals surface area contributed by atoms with E-state index in [1.807, 2.05) is 36.4 Å². The molecule has 0 N–H and O–H groups in total. The van der Waals surface area contributed by atoms with Gasteiger partial charge >= 0.3 is 0 Å². The standard InChI is InChI=1S/C14H10ClN3O/c15-12-7-6-11(9-16-12)14-17-13(19-18-14)8-10-4-2-1-3-5-10/h1-7,9H,8H2. The van der Waals surface area contributed by atoms with Crippen molar-refractivity contribution in [1.29, 1.82) is 0 Å². The van der Waals surface area contributed by atoms with Gasteiger partial charge in [0.15, 0.2) is 0 Å². The molecule has 1 aromatic carbocycles. The van der Waals surface area contributed by atoms with Gasteiger partial charge < -0.3 is 4.52 Å². The monoisotopic (exact) mass is 271 g/mol. The zero-order chi connectivity index (χ0) is 13.1. The number of rotatable bonds is 3. The molecule has 0 aliphatic rings. The van der Waals surface area contributed by atoms with Gasteiger partial charge in [0.2, 0.25) is 11.7 Å². The molecule has 0 fully saturated rings. The summed E-state index contributed by atoms with van der Waals surface area (Å²) in [4.78, 5) is 8.34. The summed E-state index contributed by atoms with van der Waals surface area (Å²) in [5.41, 5.74) is 1.92. The summed E-state index contributed by atoms with van der Waals surface area (Å²) in [6.45, 7) is 0. The number of halogens is 1. The van der Waals surface area contributed by atoms with Gasteiger partial charge in [-0.1, -0.05) is 47.1 Å². The van der Waals surface area contributed by atoms with Gasteiger partial charge in [0.05, 0.1) is 6.42 Å². The van der Waals surface area contributed by atoms with Gasteiger partial charge in [-0.3, -0.25) is 0 Å². The summed E-state index contributed by atoms with van der Waals surface area (Å²) in [6.07, 6.45) is 2.24. The Labute approximate surface area is 115 Å². The van der Waals surface area contributed by atoms with Gasteiger partial charge in [-0.05, 0) is 17.7 Å². The summed E-state index contributed by atoms with van der Waals surface area (Å²) in [6, 6.07) is 13.5. The zero-order valence-electron chi connectivity index (χ0n) is 9.95. The van der Waals surface area contributed by atoms with Crippen LogP contribution in [0.2, 0.25) is 5.15 Å². The molecule has 0 amide bonds. The van der Waals surface area contributed by atoms with Crippen LogP contribution in [0.25, 0.3) is 11.4 Å². The molecule has 3 aromatic rings. The van der Waals surface area contributed by atoms with Crippen molar-refractivity contribution in [1.82, 2.24) is 15.1 Å². The largest absolute Gasteiger partial charge is 0.339 e. The maximum absolute atomic E-state index is 5.74. The Bertz CT molecular complexity index is 665. The van der Waals surface area contributed by atoms with E-state index in [-0.39, 0.29) is 0 Å². The number of benzene rings is 1. The molecule has 0 atom stereocenters. The van der Waals surface area contributed by atoms with Crippen LogP contribution >= 0.6 is 11.6 Å². The van der Waals surface area contributed by atoms with Crippen molar-refractivity contribution in [2.45, 2.75) is 6.42 Å². The number of aromatic nitrogens is 3. The van der Waals surface area contributed by atoms with Crippen LogP contribution in [0.1, 0.15) is 11.5 Å². The third-order valence-electron chi connectivity index (χ3n) is 2.65. The van der Waals surface area contributed by atoms with Crippen LogP contribution in [0.3, 0.4) is 0 Å². The van der Waals surface area contributed by atoms with Crippen LogP contribution in [0.5, 0.6) is 0 Å². The minimum absolute atomic E-state index is 0.441. The number of pyridine rings is 1. The number of hydrogen-bond acceptors (Lipinski definition) is 4. The van der Waals surface area contributed by atoms with Crippen LogP contribution in [-0.4, -0.2) is 15.1 Å². The second-order valence-electron chi connectivity index (χ2n) is 4.04. The molecule has 0 aliphatic carbocycles. The normalized spacial score (nSPS) is 10.6.